The molecule has 4 heteroatoms. The zero-order chi connectivity index (χ0) is 12.3. The molecule has 2 rings (SSSR count). The van der Waals surface area contributed by atoms with Crippen LogP contribution in [-0.4, -0.2) is 72.9 Å². The highest BCUT2D eigenvalue weighted by atomic mass is 16.3. The molecule has 2 aliphatic rings. The topological polar surface area (TPSA) is 38.7 Å². The van der Waals surface area contributed by atoms with Gasteiger partial charge < -0.3 is 15.3 Å². The molecular formula is C13H27N3O. The summed E-state index contributed by atoms with van der Waals surface area (Å²) < 4.78 is 0. The Morgan fingerprint density at radius 2 is 2.00 bits per heavy atom. The standard InChI is InChI=1S/C13H27N3O/c1-3-14-13(11-17)5-4-12(10-13)16-8-6-15(2)7-9-16/h12,14,17H,3-11H2,1-2H3. The molecule has 2 N–H and O–H groups in total. The van der Waals surface area contributed by atoms with Crippen molar-refractivity contribution >= 4 is 0 Å². The molecular weight excluding hydrogens is 214 g/mol. The number of aliphatic hydroxyl groups excluding tert-OH is 1. The highest BCUT2D eigenvalue weighted by Crippen LogP contribution is 2.33. The number of nitrogens with one attached hydrogen (secondary N) is 1. The second kappa shape index (κ2) is 5.65. The van der Waals surface area contributed by atoms with Crippen LogP contribution in [0.5, 0.6) is 0 Å². The minimum atomic E-state index is 0.00274. The van der Waals surface area contributed by atoms with Gasteiger partial charge in [-0.25, -0.2) is 0 Å². The molecule has 17 heavy (non-hydrogen) atoms. The van der Waals surface area contributed by atoms with E-state index in [4.69, 9.17) is 0 Å². The minimum Gasteiger partial charge on any atom is -0.394 e. The fraction of sp³-hybridized carbons (Fsp3) is 1.00. The summed E-state index contributed by atoms with van der Waals surface area (Å²) in [5, 5.41) is 13.1. The van der Waals surface area contributed by atoms with E-state index in [2.05, 4.69) is 29.1 Å². The summed E-state index contributed by atoms with van der Waals surface area (Å²) >= 11 is 0. The van der Waals surface area contributed by atoms with Crippen LogP contribution < -0.4 is 5.32 Å². The third kappa shape index (κ3) is 2.99. The van der Waals surface area contributed by atoms with E-state index in [0.29, 0.717) is 6.04 Å². The normalized spacial score (nSPS) is 36.5. The number of aliphatic hydroxyl groups is 1. The van der Waals surface area contributed by atoms with E-state index in [-0.39, 0.29) is 12.1 Å². The molecule has 0 radical (unpaired) electrons. The van der Waals surface area contributed by atoms with Gasteiger partial charge in [0.1, 0.15) is 0 Å². The van der Waals surface area contributed by atoms with Gasteiger partial charge in [0, 0.05) is 37.8 Å². The van der Waals surface area contributed by atoms with Crippen LogP contribution in [0.2, 0.25) is 0 Å². The molecule has 2 unspecified atom stereocenters. The van der Waals surface area contributed by atoms with Gasteiger partial charge in [0.15, 0.2) is 0 Å². The van der Waals surface area contributed by atoms with E-state index in [1.54, 1.807) is 0 Å². The number of hydrogen-bond donors (Lipinski definition) is 2. The molecule has 0 aromatic heterocycles. The highest BCUT2D eigenvalue weighted by molar-refractivity contribution is 4.99. The molecule has 2 atom stereocenters. The Morgan fingerprint density at radius 3 is 2.59 bits per heavy atom. The summed E-state index contributed by atoms with van der Waals surface area (Å²) in [6.45, 7) is 8.11. The lowest BCUT2D eigenvalue weighted by atomic mass is 9.98. The van der Waals surface area contributed by atoms with Crippen molar-refractivity contribution in [2.75, 3.05) is 46.4 Å². The van der Waals surface area contributed by atoms with E-state index >= 15 is 0 Å². The number of nitrogens with zero attached hydrogens (tertiary/aromatic N) is 2. The van der Waals surface area contributed by atoms with Crippen molar-refractivity contribution in [3.63, 3.8) is 0 Å². The Balaban J connectivity index is 1.88. The van der Waals surface area contributed by atoms with Gasteiger partial charge >= 0.3 is 0 Å². The van der Waals surface area contributed by atoms with Gasteiger partial charge in [-0.1, -0.05) is 6.92 Å². The smallest absolute Gasteiger partial charge is 0.0613 e. The second-order valence-corrected chi connectivity index (χ2v) is 5.70. The Labute approximate surface area is 105 Å². The van der Waals surface area contributed by atoms with Crippen molar-refractivity contribution in [1.82, 2.24) is 15.1 Å². The lowest BCUT2D eigenvalue weighted by molar-refractivity contribution is 0.101. The first-order chi connectivity index (χ1) is 8.19. The molecule has 1 aliphatic carbocycles. The van der Waals surface area contributed by atoms with Crippen molar-refractivity contribution in [1.29, 1.82) is 0 Å². The quantitative estimate of drug-likeness (QED) is 0.734. The average Bonchev–Trinajstić information content (AvgIpc) is 2.76. The SMILES string of the molecule is CCNC1(CO)CCC(N2CCN(C)CC2)C1. The van der Waals surface area contributed by atoms with Gasteiger partial charge in [0.05, 0.1) is 6.61 Å². The van der Waals surface area contributed by atoms with Crippen molar-refractivity contribution in [3.05, 3.63) is 0 Å². The van der Waals surface area contributed by atoms with Crippen LogP contribution in [0.4, 0.5) is 0 Å². The average molecular weight is 241 g/mol. The Kier molecular flexibility index (Phi) is 4.42. The summed E-state index contributed by atoms with van der Waals surface area (Å²) in [4.78, 5) is 5.02. The first-order valence-corrected chi connectivity index (χ1v) is 6.97. The third-order valence-electron chi connectivity index (χ3n) is 4.49. The van der Waals surface area contributed by atoms with Gasteiger partial charge in [-0.15, -0.1) is 0 Å². The zero-order valence-corrected chi connectivity index (χ0v) is 11.3. The lowest BCUT2D eigenvalue weighted by Crippen LogP contribution is -2.51. The summed E-state index contributed by atoms with van der Waals surface area (Å²) in [6, 6.07) is 0.676. The predicted molar refractivity (Wildman–Crippen MR) is 70.2 cm³/mol. The highest BCUT2D eigenvalue weighted by Gasteiger charge is 2.40. The van der Waals surface area contributed by atoms with Crippen LogP contribution in [0, 0.1) is 0 Å². The molecule has 0 amide bonds. The van der Waals surface area contributed by atoms with Crippen LogP contribution in [0.15, 0.2) is 0 Å². The van der Waals surface area contributed by atoms with E-state index in [1.165, 1.54) is 32.6 Å². The van der Waals surface area contributed by atoms with Crippen LogP contribution in [0.25, 0.3) is 0 Å². The third-order valence-corrected chi connectivity index (χ3v) is 4.49. The van der Waals surface area contributed by atoms with Gasteiger partial charge in [0.2, 0.25) is 0 Å². The minimum absolute atomic E-state index is 0.00274. The first-order valence-electron chi connectivity index (χ1n) is 6.97. The van der Waals surface area contributed by atoms with E-state index in [9.17, 15) is 5.11 Å². The Bertz CT molecular complexity index is 241. The predicted octanol–water partition coefficient (Wildman–Crippen LogP) is 0.127. The molecule has 1 saturated heterocycles. The van der Waals surface area contributed by atoms with Gasteiger partial charge in [-0.2, -0.15) is 0 Å². The van der Waals surface area contributed by atoms with Crippen LogP contribution in [0.1, 0.15) is 26.2 Å². The fourth-order valence-corrected chi connectivity index (χ4v) is 3.33. The molecule has 1 heterocycles. The first kappa shape index (κ1) is 13.3. The van der Waals surface area contributed by atoms with Gasteiger partial charge in [0.25, 0.3) is 0 Å². The van der Waals surface area contributed by atoms with E-state index < -0.39 is 0 Å². The zero-order valence-electron chi connectivity index (χ0n) is 11.3. The number of rotatable bonds is 4. The number of hydrogen-bond acceptors (Lipinski definition) is 4. The maximum absolute atomic E-state index is 9.62. The van der Waals surface area contributed by atoms with Crippen LogP contribution in [-0.2, 0) is 0 Å². The number of piperazine rings is 1. The second-order valence-electron chi connectivity index (χ2n) is 5.70. The maximum atomic E-state index is 9.62. The Hall–Kier alpha value is -0.160. The van der Waals surface area contributed by atoms with Crippen LogP contribution in [0.3, 0.4) is 0 Å². The molecule has 0 spiro atoms. The fourth-order valence-electron chi connectivity index (χ4n) is 3.33. The van der Waals surface area contributed by atoms with Crippen LogP contribution >= 0.6 is 0 Å². The lowest BCUT2D eigenvalue weighted by Gasteiger charge is -2.37. The molecule has 2 fully saturated rings. The Morgan fingerprint density at radius 1 is 1.29 bits per heavy atom. The summed E-state index contributed by atoms with van der Waals surface area (Å²) in [7, 11) is 2.20. The van der Waals surface area contributed by atoms with Crippen molar-refractivity contribution in [3.8, 4) is 0 Å². The molecule has 0 bridgehead atoms. The van der Waals surface area contributed by atoms with Gasteiger partial charge in [-0.3, -0.25) is 4.90 Å². The molecule has 0 aromatic rings. The van der Waals surface area contributed by atoms with Crippen molar-refractivity contribution < 1.29 is 5.11 Å². The maximum Gasteiger partial charge on any atom is 0.0613 e. The van der Waals surface area contributed by atoms with E-state index in [0.717, 1.165) is 19.4 Å². The van der Waals surface area contributed by atoms with E-state index in [1.807, 2.05) is 0 Å². The van der Waals surface area contributed by atoms with Crippen molar-refractivity contribution in [2.45, 2.75) is 37.8 Å². The summed E-state index contributed by atoms with van der Waals surface area (Å²) in [5.41, 5.74) is 0.00274. The van der Waals surface area contributed by atoms with Gasteiger partial charge in [-0.05, 0) is 32.9 Å². The monoisotopic (exact) mass is 241 g/mol. The summed E-state index contributed by atoms with van der Waals surface area (Å²) in [5.74, 6) is 0. The molecule has 1 aliphatic heterocycles. The molecule has 100 valence electrons. The summed E-state index contributed by atoms with van der Waals surface area (Å²) in [6.07, 6.45) is 3.46. The number of likely N-dealkylation sites (N-methyl/N-ethyl adjacent to an activating group) is 2. The van der Waals surface area contributed by atoms with Crippen molar-refractivity contribution in [2.24, 2.45) is 0 Å². The largest absolute Gasteiger partial charge is 0.394 e. The molecule has 1 saturated carbocycles. The molecule has 0 aromatic carbocycles. The molecule has 4 nitrogen and oxygen atoms in total.